The van der Waals surface area contributed by atoms with Crippen LogP contribution >= 0.6 is 23.2 Å². The topological polar surface area (TPSA) is 49.3 Å². The number of hydrogen-bond acceptors (Lipinski definition) is 2. The van der Waals surface area contributed by atoms with Gasteiger partial charge in [-0.3, -0.25) is 4.79 Å². The molecule has 2 rings (SSSR count). The Morgan fingerprint density at radius 3 is 2.32 bits per heavy atom. The largest absolute Gasteiger partial charge is 0.508 e. The molecule has 0 unspecified atom stereocenters. The van der Waals surface area contributed by atoms with Crippen LogP contribution in [0.2, 0.25) is 10.0 Å². The highest BCUT2D eigenvalue weighted by molar-refractivity contribution is 6.39. The maximum absolute atomic E-state index is 11.9. The van der Waals surface area contributed by atoms with Crippen LogP contribution in [0.1, 0.15) is 5.56 Å². The van der Waals surface area contributed by atoms with Crippen LogP contribution in [0.4, 0.5) is 5.69 Å². The van der Waals surface area contributed by atoms with E-state index >= 15 is 0 Å². The number of nitrogens with one attached hydrogen (secondary N) is 1. The minimum absolute atomic E-state index is 0.0498. The minimum Gasteiger partial charge on any atom is -0.508 e. The molecule has 0 saturated carbocycles. The maximum Gasteiger partial charge on any atom is 0.229 e. The van der Waals surface area contributed by atoms with Crippen LogP contribution < -0.4 is 5.32 Å². The lowest BCUT2D eigenvalue weighted by molar-refractivity contribution is -0.115. The summed E-state index contributed by atoms with van der Waals surface area (Å²) in [4.78, 5) is 11.9. The number of hydrogen-bond donors (Lipinski definition) is 2. The van der Waals surface area contributed by atoms with Crippen LogP contribution in [0.5, 0.6) is 5.75 Å². The van der Waals surface area contributed by atoms with Gasteiger partial charge in [-0.15, -0.1) is 0 Å². The van der Waals surface area contributed by atoms with E-state index in [9.17, 15) is 9.90 Å². The van der Waals surface area contributed by atoms with Crippen LogP contribution in [-0.4, -0.2) is 11.0 Å². The number of rotatable bonds is 3. The summed E-state index contributed by atoms with van der Waals surface area (Å²) in [5, 5.41) is 13.0. The van der Waals surface area contributed by atoms with E-state index in [0.29, 0.717) is 21.3 Å². The normalized spacial score (nSPS) is 10.2. The molecule has 0 bridgehead atoms. The molecule has 2 N–H and O–H groups in total. The third-order valence-electron chi connectivity index (χ3n) is 2.57. The summed E-state index contributed by atoms with van der Waals surface area (Å²) < 4.78 is 0. The second kappa shape index (κ2) is 5.95. The van der Waals surface area contributed by atoms with Crippen molar-refractivity contribution >= 4 is 34.8 Å². The molecule has 5 heteroatoms. The molecule has 0 spiro atoms. The van der Waals surface area contributed by atoms with Crippen LogP contribution in [0.15, 0.2) is 42.5 Å². The van der Waals surface area contributed by atoms with E-state index in [1.165, 1.54) is 6.07 Å². The summed E-state index contributed by atoms with van der Waals surface area (Å²) in [5.41, 5.74) is 0.925. The van der Waals surface area contributed by atoms with Gasteiger partial charge in [0, 0.05) is 5.56 Å². The van der Waals surface area contributed by atoms with Gasteiger partial charge in [0.15, 0.2) is 0 Å². The molecule has 0 heterocycles. The SMILES string of the molecule is O=C(Cc1ccccc1O)Nc1c(Cl)cccc1Cl. The molecule has 98 valence electrons. The standard InChI is InChI=1S/C14H11Cl2NO2/c15-10-5-3-6-11(16)14(10)17-13(19)8-9-4-1-2-7-12(9)18/h1-7,18H,8H2,(H,17,19). The van der Waals surface area contributed by atoms with Crippen molar-refractivity contribution in [1.82, 2.24) is 0 Å². The van der Waals surface area contributed by atoms with Gasteiger partial charge in [0.25, 0.3) is 0 Å². The zero-order valence-electron chi connectivity index (χ0n) is 9.86. The van der Waals surface area contributed by atoms with Gasteiger partial charge in [-0.05, 0) is 18.2 Å². The smallest absolute Gasteiger partial charge is 0.229 e. The molecule has 0 fully saturated rings. The van der Waals surface area contributed by atoms with Crippen molar-refractivity contribution in [2.45, 2.75) is 6.42 Å². The number of benzene rings is 2. The average molecular weight is 296 g/mol. The highest BCUT2D eigenvalue weighted by atomic mass is 35.5. The molecule has 0 saturated heterocycles. The van der Waals surface area contributed by atoms with Crippen molar-refractivity contribution in [2.75, 3.05) is 5.32 Å². The molecule has 0 radical (unpaired) electrons. The van der Waals surface area contributed by atoms with Crippen LogP contribution in [0.3, 0.4) is 0 Å². The fourth-order valence-electron chi connectivity index (χ4n) is 1.63. The lowest BCUT2D eigenvalue weighted by Gasteiger charge is -2.09. The Hall–Kier alpha value is -1.71. The Balaban J connectivity index is 2.12. The molecular formula is C14H11Cl2NO2. The predicted molar refractivity (Wildman–Crippen MR) is 76.9 cm³/mol. The number of carbonyl (C=O) groups excluding carboxylic acids is 1. The third kappa shape index (κ3) is 3.40. The molecule has 0 aliphatic carbocycles. The highest BCUT2D eigenvalue weighted by Crippen LogP contribution is 2.30. The first kappa shape index (κ1) is 13.7. The molecule has 0 aliphatic heterocycles. The van der Waals surface area contributed by atoms with Gasteiger partial charge in [-0.2, -0.15) is 0 Å². The average Bonchev–Trinajstić information content (AvgIpc) is 2.37. The van der Waals surface area contributed by atoms with Gasteiger partial charge in [-0.25, -0.2) is 0 Å². The molecule has 2 aromatic rings. The van der Waals surface area contributed by atoms with Gasteiger partial charge >= 0.3 is 0 Å². The van der Waals surface area contributed by atoms with Crippen molar-refractivity contribution in [1.29, 1.82) is 0 Å². The molecule has 3 nitrogen and oxygen atoms in total. The zero-order valence-corrected chi connectivity index (χ0v) is 11.4. The lowest BCUT2D eigenvalue weighted by atomic mass is 10.1. The Morgan fingerprint density at radius 2 is 1.68 bits per heavy atom. The molecule has 2 aromatic carbocycles. The van der Waals surface area contributed by atoms with Crippen molar-refractivity contribution in [3.63, 3.8) is 0 Å². The van der Waals surface area contributed by atoms with E-state index in [2.05, 4.69) is 5.32 Å². The third-order valence-corrected chi connectivity index (χ3v) is 3.20. The first-order chi connectivity index (χ1) is 9.08. The van der Waals surface area contributed by atoms with Gasteiger partial charge in [0.2, 0.25) is 5.91 Å². The minimum atomic E-state index is -0.295. The quantitative estimate of drug-likeness (QED) is 0.903. The van der Waals surface area contributed by atoms with E-state index in [1.807, 2.05) is 0 Å². The van der Waals surface area contributed by atoms with Crippen LogP contribution in [0, 0.1) is 0 Å². The van der Waals surface area contributed by atoms with E-state index in [4.69, 9.17) is 23.2 Å². The molecule has 0 aliphatic rings. The summed E-state index contributed by atoms with van der Waals surface area (Å²) in [6.45, 7) is 0. The fraction of sp³-hybridized carbons (Fsp3) is 0.0714. The molecule has 0 atom stereocenters. The zero-order chi connectivity index (χ0) is 13.8. The number of aromatic hydroxyl groups is 1. The first-order valence-corrected chi connectivity index (χ1v) is 6.34. The summed E-state index contributed by atoms with van der Waals surface area (Å²) in [6, 6.07) is 11.6. The molecular weight excluding hydrogens is 285 g/mol. The van der Waals surface area contributed by atoms with Gasteiger partial charge in [0.1, 0.15) is 5.75 Å². The predicted octanol–water partition coefficient (Wildman–Crippen LogP) is 3.88. The molecule has 0 aromatic heterocycles. The Morgan fingerprint density at radius 1 is 1.05 bits per heavy atom. The summed E-state index contributed by atoms with van der Waals surface area (Å²) in [6.07, 6.45) is 0.0498. The van der Waals surface area contributed by atoms with Gasteiger partial charge in [-0.1, -0.05) is 47.5 Å². The molecule has 19 heavy (non-hydrogen) atoms. The summed E-state index contributed by atoms with van der Waals surface area (Å²) in [7, 11) is 0. The van der Waals surface area contributed by atoms with Crippen molar-refractivity contribution in [3.8, 4) is 5.75 Å². The summed E-state index contributed by atoms with van der Waals surface area (Å²) in [5.74, 6) is -0.209. The number of amides is 1. The van der Waals surface area contributed by atoms with Gasteiger partial charge < -0.3 is 10.4 Å². The van der Waals surface area contributed by atoms with E-state index in [1.54, 1.807) is 36.4 Å². The Kier molecular flexibility index (Phi) is 4.30. The number of carbonyl (C=O) groups is 1. The number of para-hydroxylation sites is 2. The van der Waals surface area contributed by atoms with Crippen LogP contribution in [0.25, 0.3) is 0 Å². The lowest BCUT2D eigenvalue weighted by Crippen LogP contribution is -2.15. The van der Waals surface area contributed by atoms with Gasteiger partial charge in [0.05, 0.1) is 22.2 Å². The second-order valence-electron chi connectivity index (χ2n) is 3.95. The monoisotopic (exact) mass is 295 g/mol. The van der Waals surface area contributed by atoms with Crippen LogP contribution in [-0.2, 0) is 11.2 Å². The Bertz CT molecular complexity index is 594. The van der Waals surface area contributed by atoms with E-state index in [-0.39, 0.29) is 18.1 Å². The fourth-order valence-corrected chi connectivity index (χ4v) is 2.13. The maximum atomic E-state index is 11.9. The van der Waals surface area contributed by atoms with E-state index in [0.717, 1.165) is 0 Å². The number of anilines is 1. The highest BCUT2D eigenvalue weighted by Gasteiger charge is 2.11. The summed E-state index contributed by atoms with van der Waals surface area (Å²) >= 11 is 11.9. The second-order valence-corrected chi connectivity index (χ2v) is 4.76. The number of phenolic OH excluding ortho intramolecular Hbond substituents is 1. The molecule has 1 amide bonds. The van der Waals surface area contributed by atoms with Crippen molar-refractivity contribution < 1.29 is 9.90 Å². The number of halogens is 2. The first-order valence-electron chi connectivity index (χ1n) is 5.58. The van der Waals surface area contributed by atoms with Crippen molar-refractivity contribution in [3.05, 3.63) is 58.1 Å². The Labute approximate surface area is 120 Å². The van der Waals surface area contributed by atoms with Crippen molar-refractivity contribution in [2.24, 2.45) is 0 Å². The van der Waals surface area contributed by atoms with E-state index < -0.39 is 0 Å². The number of phenols is 1.